The van der Waals surface area contributed by atoms with E-state index >= 15 is 0 Å². The monoisotopic (exact) mass is 366 g/mol. The molecule has 0 amide bonds. The largest absolute Gasteiger partial charge is 0.478 e. The van der Waals surface area contributed by atoms with Gasteiger partial charge in [-0.05, 0) is 32.9 Å². The van der Waals surface area contributed by atoms with E-state index in [1.54, 1.807) is 45.0 Å². The molecule has 27 heavy (non-hydrogen) atoms. The van der Waals surface area contributed by atoms with Crippen LogP contribution < -0.4 is 10.2 Å². The number of carbonyl (C=O) groups is 2. The maximum absolute atomic E-state index is 12.7. The predicted octanol–water partition coefficient (Wildman–Crippen LogP) is 4.11. The molecule has 1 heterocycles. The van der Waals surface area contributed by atoms with Crippen LogP contribution >= 0.6 is 0 Å². The molecular formula is C21H18O6. The SMILES string of the molecule is CC(C)(C)C(=O)Oc1cc(C(=O)O)cc2oc(-c3ccccc3)cc(=O)c12. The van der Waals surface area contributed by atoms with Crippen molar-refractivity contribution in [3.05, 3.63) is 64.3 Å². The summed E-state index contributed by atoms with van der Waals surface area (Å²) in [6.45, 7) is 4.98. The van der Waals surface area contributed by atoms with Crippen LogP contribution in [0.5, 0.6) is 5.75 Å². The van der Waals surface area contributed by atoms with E-state index in [-0.39, 0.29) is 22.3 Å². The third-order valence-electron chi connectivity index (χ3n) is 3.91. The summed E-state index contributed by atoms with van der Waals surface area (Å²) < 4.78 is 11.1. The highest BCUT2D eigenvalue weighted by Crippen LogP contribution is 2.30. The van der Waals surface area contributed by atoms with Crippen molar-refractivity contribution in [3.8, 4) is 17.1 Å². The van der Waals surface area contributed by atoms with E-state index < -0.39 is 22.8 Å². The lowest BCUT2D eigenvalue weighted by Crippen LogP contribution is -2.26. The van der Waals surface area contributed by atoms with E-state index in [1.165, 1.54) is 12.1 Å². The number of rotatable bonds is 3. The van der Waals surface area contributed by atoms with Crippen LogP contribution in [0.2, 0.25) is 0 Å². The van der Waals surface area contributed by atoms with Gasteiger partial charge in [-0.15, -0.1) is 0 Å². The number of carbonyl (C=O) groups excluding carboxylic acids is 1. The molecule has 6 nitrogen and oxygen atoms in total. The smallest absolute Gasteiger partial charge is 0.335 e. The van der Waals surface area contributed by atoms with Crippen molar-refractivity contribution >= 4 is 22.9 Å². The van der Waals surface area contributed by atoms with Gasteiger partial charge < -0.3 is 14.3 Å². The Labute approximate surface area is 155 Å². The molecule has 0 aliphatic heterocycles. The van der Waals surface area contributed by atoms with Crippen molar-refractivity contribution in [2.24, 2.45) is 5.41 Å². The molecule has 1 N–H and O–H groups in total. The van der Waals surface area contributed by atoms with Crippen LogP contribution in [-0.2, 0) is 4.79 Å². The first-order valence-corrected chi connectivity index (χ1v) is 8.30. The summed E-state index contributed by atoms with van der Waals surface area (Å²) in [5, 5.41) is 9.38. The summed E-state index contributed by atoms with van der Waals surface area (Å²) in [6, 6.07) is 12.7. The van der Waals surface area contributed by atoms with Crippen LogP contribution in [0.1, 0.15) is 31.1 Å². The molecule has 0 bridgehead atoms. The fourth-order valence-corrected chi connectivity index (χ4v) is 2.45. The third kappa shape index (κ3) is 3.74. The minimum Gasteiger partial charge on any atom is -0.478 e. The topological polar surface area (TPSA) is 93.8 Å². The summed E-state index contributed by atoms with van der Waals surface area (Å²) in [6.07, 6.45) is 0. The quantitative estimate of drug-likeness (QED) is 0.554. The van der Waals surface area contributed by atoms with Crippen molar-refractivity contribution in [2.45, 2.75) is 20.8 Å². The number of esters is 1. The number of aromatic carboxylic acids is 1. The molecule has 0 aliphatic rings. The highest BCUT2D eigenvalue weighted by atomic mass is 16.5. The van der Waals surface area contributed by atoms with Gasteiger partial charge in [-0.25, -0.2) is 4.79 Å². The van der Waals surface area contributed by atoms with Crippen LogP contribution in [0.15, 0.2) is 57.7 Å². The Balaban J connectivity index is 2.25. The molecule has 138 valence electrons. The Morgan fingerprint density at radius 2 is 1.70 bits per heavy atom. The van der Waals surface area contributed by atoms with Gasteiger partial charge in [-0.2, -0.15) is 0 Å². The summed E-state index contributed by atoms with van der Waals surface area (Å²) in [5.74, 6) is -1.64. The van der Waals surface area contributed by atoms with Gasteiger partial charge in [-0.1, -0.05) is 30.3 Å². The number of carboxylic acids is 1. The Hall–Kier alpha value is -3.41. The molecule has 1 aromatic heterocycles. The van der Waals surface area contributed by atoms with Crippen LogP contribution in [0.25, 0.3) is 22.3 Å². The van der Waals surface area contributed by atoms with Crippen LogP contribution in [0, 0.1) is 5.41 Å². The third-order valence-corrected chi connectivity index (χ3v) is 3.91. The number of hydrogen-bond donors (Lipinski definition) is 1. The molecule has 0 atom stereocenters. The van der Waals surface area contributed by atoms with Gasteiger partial charge >= 0.3 is 11.9 Å². The second-order valence-electron chi connectivity index (χ2n) is 7.13. The summed E-state index contributed by atoms with van der Waals surface area (Å²) in [4.78, 5) is 36.4. The maximum Gasteiger partial charge on any atom is 0.335 e. The highest BCUT2D eigenvalue weighted by molar-refractivity contribution is 5.97. The zero-order chi connectivity index (χ0) is 19.8. The van der Waals surface area contributed by atoms with E-state index in [2.05, 4.69) is 0 Å². The van der Waals surface area contributed by atoms with E-state index in [0.29, 0.717) is 11.3 Å². The van der Waals surface area contributed by atoms with Crippen LogP contribution in [0.4, 0.5) is 0 Å². The summed E-state index contributed by atoms with van der Waals surface area (Å²) >= 11 is 0. The van der Waals surface area contributed by atoms with Crippen molar-refractivity contribution in [3.63, 3.8) is 0 Å². The van der Waals surface area contributed by atoms with Crippen molar-refractivity contribution < 1.29 is 23.8 Å². The van der Waals surface area contributed by atoms with Crippen molar-refractivity contribution in [1.29, 1.82) is 0 Å². The van der Waals surface area contributed by atoms with Gasteiger partial charge in [0, 0.05) is 11.6 Å². The van der Waals surface area contributed by atoms with Gasteiger partial charge in [0.05, 0.1) is 11.0 Å². The molecular weight excluding hydrogens is 348 g/mol. The molecule has 2 aromatic carbocycles. The fraction of sp³-hybridized carbons (Fsp3) is 0.190. The lowest BCUT2D eigenvalue weighted by Gasteiger charge is -2.17. The zero-order valence-corrected chi connectivity index (χ0v) is 15.1. The standard InChI is InChI=1S/C21H18O6/c1-21(2,3)20(25)27-17-10-13(19(23)24)9-16-18(17)14(22)11-15(26-16)12-7-5-4-6-8-12/h4-11H,1-3H3,(H,23,24). The van der Waals surface area contributed by atoms with E-state index in [1.807, 2.05) is 6.07 Å². The average Bonchev–Trinajstić information content (AvgIpc) is 2.60. The van der Waals surface area contributed by atoms with Crippen molar-refractivity contribution in [2.75, 3.05) is 0 Å². The maximum atomic E-state index is 12.7. The van der Waals surface area contributed by atoms with E-state index in [9.17, 15) is 19.5 Å². The molecule has 0 saturated heterocycles. The van der Waals surface area contributed by atoms with Crippen LogP contribution in [-0.4, -0.2) is 17.0 Å². The molecule has 0 fully saturated rings. The summed E-state index contributed by atoms with van der Waals surface area (Å²) in [5.41, 5.74) is -0.685. The minimum atomic E-state index is -1.22. The first-order chi connectivity index (χ1) is 12.7. The molecule has 3 aromatic rings. The first kappa shape index (κ1) is 18.4. The normalized spacial score (nSPS) is 11.4. The van der Waals surface area contributed by atoms with Gasteiger partial charge in [-0.3, -0.25) is 9.59 Å². The summed E-state index contributed by atoms with van der Waals surface area (Å²) in [7, 11) is 0. The fourth-order valence-electron chi connectivity index (χ4n) is 2.45. The molecule has 3 rings (SSSR count). The molecule has 6 heteroatoms. The number of benzene rings is 2. The molecule has 0 spiro atoms. The Kier molecular flexibility index (Phi) is 4.57. The highest BCUT2D eigenvalue weighted by Gasteiger charge is 2.26. The molecule has 0 unspecified atom stereocenters. The zero-order valence-electron chi connectivity index (χ0n) is 15.1. The molecule has 0 aliphatic carbocycles. The van der Waals surface area contributed by atoms with Gasteiger partial charge in [0.15, 0.2) is 5.43 Å². The minimum absolute atomic E-state index is 0.0253. The number of ether oxygens (including phenoxy) is 1. The number of carboxylic acid groups (broad SMARTS) is 1. The lowest BCUT2D eigenvalue weighted by atomic mass is 9.97. The van der Waals surface area contributed by atoms with E-state index in [4.69, 9.17) is 9.15 Å². The van der Waals surface area contributed by atoms with Gasteiger partial charge in [0.25, 0.3) is 0 Å². The Bertz CT molecular complexity index is 1090. The molecule has 0 saturated carbocycles. The Morgan fingerprint density at radius 3 is 2.30 bits per heavy atom. The first-order valence-electron chi connectivity index (χ1n) is 8.30. The van der Waals surface area contributed by atoms with Gasteiger partial charge in [0.1, 0.15) is 22.5 Å². The predicted molar refractivity (Wildman–Crippen MR) is 100.0 cm³/mol. The van der Waals surface area contributed by atoms with Crippen LogP contribution in [0.3, 0.4) is 0 Å². The Morgan fingerprint density at radius 1 is 1.04 bits per heavy atom. The number of fused-ring (bicyclic) bond motifs is 1. The second-order valence-corrected chi connectivity index (χ2v) is 7.13. The second kappa shape index (κ2) is 6.72. The average molecular weight is 366 g/mol. The molecule has 0 radical (unpaired) electrons. The lowest BCUT2D eigenvalue weighted by molar-refractivity contribution is -0.142. The number of hydrogen-bond acceptors (Lipinski definition) is 5. The van der Waals surface area contributed by atoms with Gasteiger partial charge in [0.2, 0.25) is 0 Å². The van der Waals surface area contributed by atoms with Crippen molar-refractivity contribution in [1.82, 2.24) is 0 Å². The van der Waals surface area contributed by atoms with E-state index in [0.717, 1.165) is 6.07 Å².